The second kappa shape index (κ2) is 9.71. The molecule has 28 heavy (non-hydrogen) atoms. The van der Waals surface area contributed by atoms with Crippen molar-refractivity contribution in [1.82, 2.24) is 10.2 Å². The first-order valence-electron chi connectivity index (χ1n) is 9.98. The molecule has 3 rings (SSSR count). The molecule has 0 spiro atoms. The molecule has 1 heterocycles. The van der Waals surface area contributed by atoms with Gasteiger partial charge in [0.2, 0.25) is 0 Å². The molecule has 2 aromatic rings. The molecule has 1 aliphatic rings. The van der Waals surface area contributed by atoms with Crippen LogP contribution in [0.1, 0.15) is 40.0 Å². The molecule has 0 saturated carbocycles. The van der Waals surface area contributed by atoms with Gasteiger partial charge in [-0.25, -0.2) is 0 Å². The number of nitrogens with one attached hydrogen (secondary N) is 1. The lowest BCUT2D eigenvalue weighted by Gasteiger charge is -2.35. The van der Waals surface area contributed by atoms with Gasteiger partial charge in [-0.1, -0.05) is 29.8 Å². The Balaban J connectivity index is 1.71. The van der Waals surface area contributed by atoms with Crippen molar-refractivity contribution in [3.05, 3.63) is 64.7 Å². The van der Waals surface area contributed by atoms with Gasteiger partial charge in [-0.2, -0.15) is 0 Å². The number of carbonyl (C=O) groups excluding carboxylic acids is 1. The van der Waals surface area contributed by atoms with E-state index in [0.717, 1.165) is 37.6 Å². The smallest absolute Gasteiger partial charge is 0.251 e. The maximum absolute atomic E-state index is 12.7. The quantitative estimate of drug-likeness (QED) is 0.796. The number of aryl methyl sites for hydroxylation is 2. The van der Waals surface area contributed by atoms with E-state index in [1.54, 1.807) is 0 Å². The SMILES string of the molecule is CCOc1ccc(C(=O)NCC(c2ccc(C)cc2)N2CCOCC2)cc1C. The Hall–Kier alpha value is -2.37. The topological polar surface area (TPSA) is 50.8 Å². The molecule has 1 N–H and O–H groups in total. The molecule has 5 heteroatoms. The lowest BCUT2D eigenvalue weighted by atomic mass is 10.0. The fourth-order valence-corrected chi connectivity index (χ4v) is 3.54. The first-order valence-corrected chi connectivity index (χ1v) is 9.98. The summed E-state index contributed by atoms with van der Waals surface area (Å²) in [4.78, 5) is 15.1. The molecular weight excluding hydrogens is 352 g/mol. The van der Waals surface area contributed by atoms with E-state index in [9.17, 15) is 4.79 Å². The number of amides is 1. The largest absolute Gasteiger partial charge is 0.494 e. The highest BCUT2D eigenvalue weighted by Crippen LogP contribution is 2.23. The number of hydrogen-bond acceptors (Lipinski definition) is 4. The van der Waals surface area contributed by atoms with Crippen molar-refractivity contribution in [2.24, 2.45) is 0 Å². The van der Waals surface area contributed by atoms with Crippen molar-refractivity contribution in [2.45, 2.75) is 26.8 Å². The summed E-state index contributed by atoms with van der Waals surface area (Å²) in [6.45, 7) is 10.4. The predicted octanol–water partition coefficient (Wildman–Crippen LogP) is 3.51. The standard InChI is InChI=1S/C23H30N2O3/c1-4-28-22-10-9-20(15-18(22)3)23(26)24-16-21(25-11-13-27-14-12-25)19-7-5-17(2)6-8-19/h5-10,15,21H,4,11-14,16H2,1-3H3,(H,24,26). The first-order chi connectivity index (χ1) is 13.6. The molecule has 5 nitrogen and oxygen atoms in total. The molecule has 0 radical (unpaired) electrons. The van der Waals surface area contributed by atoms with Crippen molar-refractivity contribution < 1.29 is 14.3 Å². The lowest BCUT2D eigenvalue weighted by Crippen LogP contribution is -2.43. The Labute approximate surface area is 167 Å². The van der Waals surface area contributed by atoms with Crippen molar-refractivity contribution >= 4 is 5.91 Å². The maximum atomic E-state index is 12.7. The summed E-state index contributed by atoms with van der Waals surface area (Å²) in [5, 5.41) is 3.13. The summed E-state index contributed by atoms with van der Waals surface area (Å²) in [7, 11) is 0. The van der Waals surface area contributed by atoms with Gasteiger partial charge in [0.05, 0.1) is 25.9 Å². The number of benzene rings is 2. The van der Waals surface area contributed by atoms with Crippen LogP contribution in [0.4, 0.5) is 0 Å². The molecule has 0 aromatic heterocycles. The summed E-state index contributed by atoms with van der Waals surface area (Å²) < 4.78 is 11.1. The third-order valence-electron chi connectivity index (χ3n) is 5.14. The van der Waals surface area contributed by atoms with Gasteiger partial charge in [0.15, 0.2) is 0 Å². The van der Waals surface area contributed by atoms with Gasteiger partial charge in [-0.15, -0.1) is 0 Å². The molecule has 1 atom stereocenters. The Bertz CT molecular complexity index is 783. The average Bonchev–Trinajstić information content (AvgIpc) is 2.71. The van der Waals surface area contributed by atoms with Gasteiger partial charge in [-0.3, -0.25) is 9.69 Å². The Morgan fingerprint density at radius 1 is 1.14 bits per heavy atom. The summed E-state index contributed by atoms with van der Waals surface area (Å²) in [5.41, 5.74) is 4.08. The number of rotatable bonds is 7. The van der Waals surface area contributed by atoms with Gasteiger partial charge in [0.25, 0.3) is 5.91 Å². The Kier molecular flexibility index (Phi) is 7.06. The normalized spacial score (nSPS) is 15.8. The van der Waals surface area contributed by atoms with Crippen LogP contribution in [-0.4, -0.2) is 50.3 Å². The van der Waals surface area contributed by atoms with Crippen molar-refractivity contribution in [1.29, 1.82) is 0 Å². The van der Waals surface area contributed by atoms with E-state index in [1.807, 2.05) is 32.0 Å². The number of hydrogen-bond donors (Lipinski definition) is 1. The molecule has 1 aliphatic heterocycles. The van der Waals surface area contributed by atoms with Gasteiger partial charge >= 0.3 is 0 Å². The number of ether oxygens (including phenoxy) is 2. The summed E-state index contributed by atoms with van der Waals surface area (Å²) in [6.07, 6.45) is 0. The monoisotopic (exact) mass is 382 g/mol. The summed E-state index contributed by atoms with van der Waals surface area (Å²) in [5.74, 6) is 0.765. The Morgan fingerprint density at radius 2 is 1.86 bits per heavy atom. The average molecular weight is 383 g/mol. The van der Waals surface area contributed by atoms with Crippen LogP contribution in [0.15, 0.2) is 42.5 Å². The highest BCUT2D eigenvalue weighted by molar-refractivity contribution is 5.94. The predicted molar refractivity (Wildman–Crippen MR) is 111 cm³/mol. The van der Waals surface area contributed by atoms with Crippen molar-refractivity contribution in [3.63, 3.8) is 0 Å². The fraction of sp³-hybridized carbons (Fsp3) is 0.435. The number of nitrogens with zero attached hydrogens (tertiary/aromatic N) is 1. The third-order valence-corrected chi connectivity index (χ3v) is 5.14. The van der Waals surface area contributed by atoms with E-state index < -0.39 is 0 Å². The fourth-order valence-electron chi connectivity index (χ4n) is 3.54. The zero-order valence-corrected chi connectivity index (χ0v) is 17.0. The van der Waals surface area contributed by atoms with E-state index >= 15 is 0 Å². The van der Waals surface area contributed by atoms with Crippen molar-refractivity contribution in [2.75, 3.05) is 39.5 Å². The van der Waals surface area contributed by atoms with Gasteiger partial charge in [-0.05, 0) is 50.1 Å². The molecule has 0 bridgehead atoms. The minimum Gasteiger partial charge on any atom is -0.494 e. The van der Waals surface area contributed by atoms with Crippen LogP contribution in [0.25, 0.3) is 0 Å². The maximum Gasteiger partial charge on any atom is 0.251 e. The molecule has 0 aliphatic carbocycles. The molecule has 1 amide bonds. The molecule has 1 fully saturated rings. The Morgan fingerprint density at radius 3 is 2.50 bits per heavy atom. The number of carbonyl (C=O) groups is 1. The van der Waals surface area contributed by atoms with Crippen LogP contribution in [0.3, 0.4) is 0 Å². The van der Waals surface area contributed by atoms with Crippen molar-refractivity contribution in [3.8, 4) is 5.75 Å². The zero-order chi connectivity index (χ0) is 19.9. The molecule has 1 unspecified atom stereocenters. The van der Waals surface area contributed by atoms with Crippen LogP contribution < -0.4 is 10.1 Å². The van der Waals surface area contributed by atoms with E-state index in [-0.39, 0.29) is 11.9 Å². The molecular formula is C23H30N2O3. The molecule has 2 aromatic carbocycles. The van der Waals surface area contributed by atoms with Crippen LogP contribution in [0.2, 0.25) is 0 Å². The van der Waals surface area contributed by atoms with E-state index in [2.05, 4.69) is 41.4 Å². The van der Waals surface area contributed by atoms with Crippen LogP contribution >= 0.6 is 0 Å². The summed E-state index contributed by atoms with van der Waals surface area (Å²) >= 11 is 0. The molecule has 150 valence electrons. The van der Waals surface area contributed by atoms with Gasteiger partial charge in [0, 0.05) is 25.2 Å². The first kappa shape index (κ1) is 20.4. The highest BCUT2D eigenvalue weighted by atomic mass is 16.5. The third kappa shape index (κ3) is 5.12. The van der Waals surface area contributed by atoms with E-state index in [1.165, 1.54) is 11.1 Å². The van der Waals surface area contributed by atoms with E-state index in [0.29, 0.717) is 18.7 Å². The van der Waals surface area contributed by atoms with E-state index in [4.69, 9.17) is 9.47 Å². The van der Waals surface area contributed by atoms with Crippen LogP contribution in [0, 0.1) is 13.8 Å². The second-order valence-corrected chi connectivity index (χ2v) is 7.20. The zero-order valence-electron chi connectivity index (χ0n) is 17.0. The minimum absolute atomic E-state index is 0.0588. The second-order valence-electron chi connectivity index (χ2n) is 7.20. The number of morpholine rings is 1. The highest BCUT2D eigenvalue weighted by Gasteiger charge is 2.23. The minimum atomic E-state index is -0.0588. The van der Waals surface area contributed by atoms with Gasteiger partial charge < -0.3 is 14.8 Å². The summed E-state index contributed by atoms with van der Waals surface area (Å²) in [6, 6.07) is 14.3. The van der Waals surface area contributed by atoms with Gasteiger partial charge in [0.1, 0.15) is 5.75 Å². The van der Waals surface area contributed by atoms with Crippen LogP contribution in [-0.2, 0) is 4.74 Å². The lowest BCUT2D eigenvalue weighted by molar-refractivity contribution is 0.0162. The van der Waals surface area contributed by atoms with Crippen LogP contribution in [0.5, 0.6) is 5.75 Å². The molecule has 1 saturated heterocycles.